The van der Waals surface area contributed by atoms with Gasteiger partial charge in [-0.1, -0.05) is 15.9 Å². The summed E-state index contributed by atoms with van der Waals surface area (Å²) < 4.78 is 1.51. The number of imidazole rings is 1. The molecular weight excluding hydrogens is 400 g/mol. The Labute approximate surface area is 136 Å². The first-order chi connectivity index (χ1) is 9.94. The number of rotatable bonds is 2. The number of ketones is 1. The summed E-state index contributed by atoms with van der Waals surface area (Å²) in [7, 11) is 0. The van der Waals surface area contributed by atoms with Crippen molar-refractivity contribution in [3.8, 4) is 0 Å². The van der Waals surface area contributed by atoms with Gasteiger partial charge in [0.2, 0.25) is 0 Å². The number of nitrogens with one attached hydrogen (secondary N) is 2. The Bertz CT molecular complexity index is 905. The summed E-state index contributed by atoms with van der Waals surface area (Å²) >= 11 is 6.79. The van der Waals surface area contributed by atoms with Crippen LogP contribution < -0.4 is 5.69 Å². The molecule has 0 bridgehead atoms. The minimum atomic E-state index is -0.292. The molecule has 0 unspecified atom stereocenters. The Kier molecular flexibility index (Phi) is 3.59. The number of aromatic amines is 2. The van der Waals surface area contributed by atoms with E-state index in [1.54, 1.807) is 18.2 Å². The molecule has 6 heteroatoms. The van der Waals surface area contributed by atoms with E-state index in [9.17, 15) is 9.59 Å². The Morgan fingerprint density at radius 3 is 2.33 bits per heavy atom. The van der Waals surface area contributed by atoms with Crippen molar-refractivity contribution >= 4 is 48.7 Å². The lowest BCUT2D eigenvalue weighted by atomic mass is 10.0. The molecule has 0 fully saturated rings. The fourth-order valence-corrected chi connectivity index (χ4v) is 3.38. The highest BCUT2D eigenvalue weighted by Crippen LogP contribution is 2.26. The second-order valence-electron chi connectivity index (χ2n) is 4.80. The van der Waals surface area contributed by atoms with Gasteiger partial charge >= 0.3 is 5.69 Å². The van der Waals surface area contributed by atoms with E-state index in [1.165, 1.54) is 0 Å². The molecule has 0 aliphatic heterocycles. The summed E-state index contributed by atoms with van der Waals surface area (Å²) in [6.45, 7) is 1.93. The maximum absolute atomic E-state index is 12.7. The Balaban J connectivity index is 2.16. The zero-order valence-electron chi connectivity index (χ0n) is 11.0. The number of carbonyl (C=O) groups excluding carboxylic acids is 1. The van der Waals surface area contributed by atoms with Crippen LogP contribution >= 0.6 is 31.9 Å². The Morgan fingerprint density at radius 2 is 1.67 bits per heavy atom. The minimum Gasteiger partial charge on any atom is -0.306 e. The maximum Gasteiger partial charge on any atom is 0.323 e. The van der Waals surface area contributed by atoms with Crippen molar-refractivity contribution in [1.82, 2.24) is 9.97 Å². The van der Waals surface area contributed by atoms with Gasteiger partial charge in [0, 0.05) is 20.1 Å². The third-order valence-electron chi connectivity index (χ3n) is 3.15. The summed E-state index contributed by atoms with van der Waals surface area (Å²) in [6, 6.07) is 8.97. The number of benzene rings is 2. The van der Waals surface area contributed by atoms with Crippen LogP contribution in [0.25, 0.3) is 11.0 Å². The molecule has 2 N–H and O–H groups in total. The first-order valence-corrected chi connectivity index (χ1v) is 7.76. The molecule has 0 saturated carbocycles. The monoisotopic (exact) mass is 408 g/mol. The first-order valence-electron chi connectivity index (χ1n) is 6.17. The number of hydrogen-bond acceptors (Lipinski definition) is 2. The van der Waals surface area contributed by atoms with Crippen LogP contribution in [0, 0.1) is 6.92 Å². The minimum absolute atomic E-state index is 0.102. The van der Waals surface area contributed by atoms with Gasteiger partial charge in [-0.3, -0.25) is 4.79 Å². The quantitative estimate of drug-likeness (QED) is 0.630. The van der Waals surface area contributed by atoms with Crippen molar-refractivity contribution in [2.45, 2.75) is 6.92 Å². The standard InChI is InChI=1S/C15H10Br2N2O2/c1-7-2-8(4-9(16)3-7)14(20)10-5-12-13(6-11(10)17)19-15(21)18-12/h2-6H,1H3,(H2,18,19,21). The molecule has 1 aromatic heterocycles. The number of aromatic nitrogens is 2. The third kappa shape index (κ3) is 2.73. The SMILES string of the molecule is Cc1cc(Br)cc(C(=O)c2cc3[nH]c(=O)[nH]c3cc2Br)c1. The molecular formula is C15H10Br2N2O2. The van der Waals surface area contributed by atoms with Gasteiger partial charge in [0.05, 0.1) is 11.0 Å². The molecule has 0 aliphatic carbocycles. The second-order valence-corrected chi connectivity index (χ2v) is 6.57. The van der Waals surface area contributed by atoms with Crippen LogP contribution in [0.4, 0.5) is 0 Å². The molecule has 3 aromatic rings. The number of H-pyrrole nitrogens is 2. The van der Waals surface area contributed by atoms with E-state index in [0.717, 1.165) is 10.0 Å². The predicted octanol–water partition coefficient (Wildman–Crippen LogP) is 3.92. The highest BCUT2D eigenvalue weighted by Gasteiger charge is 2.15. The molecule has 106 valence electrons. The number of carbonyl (C=O) groups is 1. The lowest BCUT2D eigenvalue weighted by molar-refractivity contribution is 0.103. The van der Waals surface area contributed by atoms with Gasteiger partial charge < -0.3 is 9.97 Å². The van der Waals surface area contributed by atoms with E-state index in [-0.39, 0.29) is 11.5 Å². The zero-order chi connectivity index (χ0) is 15.1. The number of halogens is 2. The molecule has 0 atom stereocenters. The van der Waals surface area contributed by atoms with Crippen LogP contribution in [0.5, 0.6) is 0 Å². The average molecular weight is 410 g/mol. The zero-order valence-corrected chi connectivity index (χ0v) is 14.1. The Morgan fingerprint density at radius 1 is 1.00 bits per heavy atom. The summed E-state index contributed by atoms with van der Waals surface area (Å²) in [6.07, 6.45) is 0. The van der Waals surface area contributed by atoms with E-state index >= 15 is 0 Å². The fraction of sp³-hybridized carbons (Fsp3) is 0.0667. The molecule has 1 heterocycles. The van der Waals surface area contributed by atoms with Crippen molar-refractivity contribution in [2.24, 2.45) is 0 Å². The fourth-order valence-electron chi connectivity index (χ4n) is 2.25. The Hall–Kier alpha value is -1.66. The second kappa shape index (κ2) is 5.27. The number of fused-ring (bicyclic) bond motifs is 1. The number of aryl methyl sites for hydroxylation is 1. The highest BCUT2D eigenvalue weighted by molar-refractivity contribution is 9.10. The number of hydrogen-bond donors (Lipinski definition) is 2. The molecule has 0 aliphatic rings. The van der Waals surface area contributed by atoms with Crippen molar-refractivity contribution in [3.05, 3.63) is 66.5 Å². The molecule has 0 saturated heterocycles. The van der Waals surface area contributed by atoms with Crippen LogP contribution in [0.2, 0.25) is 0 Å². The molecule has 0 spiro atoms. The topological polar surface area (TPSA) is 65.7 Å². The van der Waals surface area contributed by atoms with Gasteiger partial charge in [0.25, 0.3) is 0 Å². The normalized spacial score (nSPS) is 11.0. The molecule has 2 aromatic carbocycles. The summed E-state index contributed by atoms with van der Waals surface area (Å²) in [4.78, 5) is 29.3. The first kappa shape index (κ1) is 14.3. The van der Waals surface area contributed by atoms with Gasteiger partial charge in [-0.05, 0) is 58.7 Å². The van der Waals surface area contributed by atoms with Crippen molar-refractivity contribution in [2.75, 3.05) is 0 Å². The van der Waals surface area contributed by atoms with E-state index in [0.29, 0.717) is 26.6 Å². The van der Waals surface area contributed by atoms with Gasteiger partial charge in [-0.15, -0.1) is 0 Å². The van der Waals surface area contributed by atoms with Crippen LogP contribution in [0.1, 0.15) is 21.5 Å². The van der Waals surface area contributed by atoms with Gasteiger partial charge in [0.1, 0.15) is 0 Å². The summed E-state index contributed by atoms with van der Waals surface area (Å²) in [5.41, 5.74) is 3.09. The van der Waals surface area contributed by atoms with Crippen LogP contribution in [-0.4, -0.2) is 15.8 Å². The third-order valence-corrected chi connectivity index (χ3v) is 4.27. The average Bonchev–Trinajstić information content (AvgIpc) is 2.75. The smallest absolute Gasteiger partial charge is 0.306 e. The molecule has 4 nitrogen and oxygen atoms in total. The maximum atomic E-state index is 12.7. The van der Waals surface area contributed by atoms with Gasteiger partial charge in [-0.25, -0.2) is 4.79 Å². The molecule has 21 heavy (non-hydrogen) atoms. The summed E-state index contributed by atoms with van der Waals surface area (Å²) in [5, 5.41) is 0. The van der Waals surface area contributed by atoms with Crippen molar-refractivity contribution in [3.63, 3.8) is 0 Å². The van der Waals surface area contributed by atoms with Crippen LogP contribution in [-0.2, 0) is 0 Å². The van der Waals surface area contributed by atoms with Crippen molar-refractivity contribution in [1.29, 1.82) is 0 Å². The molecule has 0 radical (unpaired) electrons. The lowest BCUT2D eigenvalue weighted by Crippen LogP contribution is -2.03. The lowest BCUT2D eigenvalue weighted by Gasteiger charge is -2.06. The van der Waals surface area contributed by atoms with E-state index in [4.69, 9.17) is 0 Å². The predicted molar refractivity (Wildman–Crippen MR) is 88.9 cm³/mol. The van der Waals surface area contributed by atoms with Gasteiger partial charge in [0.15, 0.2) is 5.78 Å². The van der Waals surface area contributed by atoms with Crippen molar-refractivity contribution < 1.29 is 4.79 Å². The largest absolute Gasteiger partial charge is 0.323 e. The van der Waals surface area contributed by atoms with Crippen LogP contribution in [0.15, 0.2) is 44.1 Å². The van der Waals surface area contributed by atoms with E-state index in [1.807, 2.05) is 19.1 Å². The van der Waals surface area contributed by atoms with E-state index < -0.39 is 0 Å². The summed E-state index contributed by atoms with van der Waals surface area (Å²) in [5.74, 6) is -0.102. The highest BCUT2D eigenvalue weighted by atomic mass is 79.9. The molecule has 0 amide bonds. The molecule has 3 rings (SSSR count). The van der Waals surface area contributed by atoms with Gasteiger partial charge in [-0.2, -0.15) is 0 Å². The van der Waals surface area contributed by atoms with E-state index in [2.05, 4.69) is 41.8 Å². The van der Waals surface area contributed by atoms with Crippen LogP contribution in [0.3, 0.4) is 0 Å².